The fraction of sp³-hybridized carbons (Fsp3) is 0.318. The zero-order chi connectivity index (χ0) is 21.9. The highest BCUT2D eigenvalue weighted by Crippen LogP contribution is 2.25. The van der Waals surface area contributed by atoms with Crippen LogP contribution in [0.2, 0.25) is 0 Å². The van der Waals surface area contributed by atoms with Crippen LogP contribution in [0.15, 0.2) is 53.4 Å². The quantitative estimate of drug-likeness (QED) is 0.713. The molecule has 0 aromatic heterocycles. The summed E-state index contributed by atoms with van der Waals surface area (Å²) in [7, 11) is -3.73. The first-order chi connectivity index (χ1) is 14.2. The third kappa shape index (κ3) is 4.83. The highest BCUT2D eigenvalue weighted by molar-refractivity contribution is 7.89. The standard InChI is InChI=1S/C22H24N2O5S/c1-15(25)18-5-3-7-20(13-18)23-22(27)17-9-11-24(12-10-17)30(28,29)21-8-4-6-19(14-21)16(2)26/h3-8,13-14,17H,9-12H2,1-2H3,(H,23,27). The van der Waals surface area contributed by atoms with Crippen LogP contribution < -0.4 is 5.32 Å². The van der Waals surface area contributed by atoms with E-state index in [1.807, 2.05) is 0 Å². The number of nitrogens with one attached hydrogen (secondary N) is 1. The molecule has 0 spiro atoms. The predicted octanol–water partition coefficient (Wildman–Crippen LogP) is 3.13. The van der Waals surface area contributed by atoms with Gasteiger partial charge in [0.2, 0.25) is 15.9 Å². The van der Waals surface area contributed by atoms with Gasteiger partial charge in [-0.15, -0.1) is 0 Å². The van der Waals surface area contributed by atoms with Gasteiger partial charge in [-0.3, -0.25) is 14.4 Å². The van der Waals surface area contributed by atoms with E-state index in [1.54, 1.807) is 36.4 Å². The molecule has 1 aliphatic heterocycles. The number of Topliss-reactive ketones (excluding diaryl/α,β-unsaturated/α-hetero) is 2. The number of rotatable bonds is 6. The SMILES string of the molecule is CC(=O)c1cccc(NC(=O)C2CCN(S(=O)(=O)c3cccc(C(C)=O)c3)CC2)c1. The second kappa shape index (κ2) is 8.89. The first kappa shape index (κ1) is 21.9. The minimum Gasteiger partial charge on any atom is -0.326 e. The first-order valence-electron chi connectivity index (χ1n) is 9.71. The molecule has 158 valence electrons. The maximum atomic E-state index is 12.9. The van der Waals surface area contributed by atoms with Gasteiger partial charge in [0.15, 0.2) is 11.6 Å². The van der Waals surface area contributed by atoms with Crippen LogP contribution >= 0.6 is 0 Å². The van der Waals surface area contributed by atoms with E-state index in [2.05, 4.69) is 5.32 Å². The summed E-state index contributed by atoms with van der Waals surface area (Å²) in [4.78, 5) is 35.7. The second-order valence-corrected chi connectivity index (χ2v) is 9.33. The van der Waals surface area contributed by atoms with Crippen LogP contribution in [-0.2, 0) is 14.8 Å². The molecule has 1 heterocycles. The van der Waals surface area contributed by atoms with Crippen molar-refractivity contribution < 1.29 is 22.8 Å². The third-order valence-electron chi connectivity index (χ3n) is 5.24. The van der Waals surface area contributed by atoms with Crippen molar-refractivity contribution in [3.8, 4) is 0 Å². The van der Waals surface area contributed by atoms with E-state index < -0.39 is 10.0 Å². The highest BCUT2D eigenvalue weighted by Gasteiger charge is 2.32. The van der Waals surface area contributed by atoms with E-state index in [9.17, 15) is 22.8 Å². The van der Waals surface area contributed by atoms with Crippen LogP contribution in [0.4, 0.5) is 5.69 Å². The summed E-state index contributed by atoms with van der Waals surface area (Å²) in [6, 6.07) is 12.7. The number of nitrogens with zero attached hydrogens (tertiary/aromatic N) is 1. The molecule has 7 nitrogen and oxygen atoms in total. The molecule has 2 aromatic carbocycles. The number of hydrogen-bond acceptors (Lipinski definition) is 5. The number of amides is 1. The van der Waals surface area contributed by atoms with Crippen LogP contribution in [0.3, 0.4) is 0 Å². The number of ketones is 2. The number of anilines is 1. The average Bonchev–Trinajstić information content (AvgIpc) is 2.74. The molecule has 1 aliphatic rings. The molecule has 0 atom stereocenters. The van der Waals surface area contributed by atoms with Gasteiger partial charge in [0.25, 0.3) is 0 Å². The van der Waals surface area contributed by atoms with Gasteiger partial charge >= 0.3 is 0 Å². The van der Waals surface area contributed by atoms with Gasteiger partial charge in [0.05, 0.1) is 4.90 Å². The number of sulfonamides is 1. The average molecular weight is 429 g/mol. The highest BCUT2D eigenvalue weighted by atomic mass is 32.2. The Morgan fingerprint density at radius 1 is 0.900 bits per heavy atom. The monoisotopic (exact) mass is 428 g/mol. The second-order valence-electron chi connectivity index (χ2n) is 7.39. The first-order valence-corrected chi connectivity index (χ1v) is 11.2. The Kier molecular flexibility index (Phi) is 6.48. The molecule has 8 heteroatoms. The Morgan fingerprint density at radius 3 is 2.07 bits per heavy atom. The van der Waals surface area contributed by atoms with Gasteiger partial charge in [-0.1, -0.05) is 24.3 Å². The molecule has 3 rings (SSSR count). The van der Waals surface area contributed by atoms with Crippen molar-refractivity contribution in [1.82, 2.24) is 4.31 Å². The minimum atomic E-state index is -3.73. The Balaban J connectivity index is 1.64. The van der Waals surface area contributed by atoms with Gasteiger partial charge in [-0.25, -0.2) is 8.42 Å². The molecular formula is C22H24N2O5S. The molecule has 1 fully saturated rings. The van der Waals surface area contributed by atoms with E-state index in [-0.39, 0.29) is 41.4 Å². The Labute approximate surface area is 176 Å². The molecular weight excluding hydrogens is 404 g/mol. The van der Waals surface area contributed by atoms with E-state index >= 15 is 0 Å². The lowest BCUT2D eigenvalue weighted by molar-refractivity contribution is -0.120. The fourth-order valence-electron chi connectivity index (χ4n) is 3.44. The summed E-state index contributed by atoms with van der Waals surface area (Å²) < 4.78 is 27.2. The van der Waals surface area contributed by atoms with Crippen molar-refractivity contribution >= 4 is 33.2 Å². The molecule has 2 aromatic rings. The van der Waals surface area contributed by atoms with E-state index in [4.69, 9.17) is 0 Å². The van der Waals surface area contributed by atoms with Gasteiger partial charge in [-0.05, 0) is 51.0 Å². The predicted molar refractivity (Wildman–Crippen MR) is 113 cm³/mol. The molecule has 1 N–H and O–H groups in total. The van der Waals surface area contributed by atoms with Gasteiger partial charge < -0.3 is 5.32 Å². The molecule has 0 unspecified atom stereocenters. The van der Waals surface area contributed by atoms with Crippen LogP contribution in [-0.4, -0.2) is 43.3 Å². The van der Waals surface area contributed by atoms with Crippen LogP contribution in [0.25, 0.3) is 0 Å². The normalized spacial score (nSPS) is 15.5. The van der Waals surface area contributed by atoms with Crippen LogP contribution in [0, 0.1) is 5.92 Å². The topological polar surface area (TPSA) is 101 Å². The lowest BCUT2D eigenvalue weighted by atomic mass is 9.97. The zero-order valence-corrected chi connectivity index (χ0v) is 17.7. The van der Waals surface area contributed by atoms with Crippen LogP contribution in [0.1, 0.15) is 47.4 Å². The zero-order valence-electron chi connectivity index (χ0n) is 16.9. The smallest absolute Gasteiger partial charge is 0.243 e. The lowest BCUT2D eigenvalue weighted by Gasteiger charge is -2.30. The summed E-state index contributed by atoms with van der Waals surface area (Å²) in [6.07, 6.45) is 0.785. The Bertz CT molecular complexity index is 1090. The summed E-state index contributed by atoms with van der Waals surface area (Å²) in [5.74, 6) is -0.790. The number of carbonyl (C=O) groups is 3. The van der Waals surface area contributed by atoms with Crippen molar-refractivity contribution in [2.24, 2.45) is 5.92 Å². The van der Waals surface area contributed by atoms with Crippen molar-refractivity contribution in [1.29, 1.82) is 0 Å². The summed E-state index contributed by atoms with van der Waals surface area (Å²) >= 11 is 0. The van der Waals surface area contributed by atoms with Crippen LogP contribution in [0.5, 0.6) is 0 Å². The van der Waals surface area contributed by atoms with Crippen molar-refractivity contribution in [3.05, 3.63) is 59.7 Å². The summed E-state index contributed by atoms with van der Waals surface area (Å²) in [6.45, 7) is 3.29. The number of piperidine rings is 1. The van der Waals surface area contributed by atoms with Gasteiger partial charge in [0.1, 0.15) is 0 Å². The number of hydrogen-bond donors (Lipinski definition) is 1. The minimum absolute atomic E-state index is 0.0825. The Morgan fingerprint density at radius 2 is 1.47 bits per heavy atom. The molecule has 30 heavy (non-hydrogen) atoms. The van der Waals surface area contributed by atoms with Crippen molar-refractivity contribution in [2.75, 3.05) is 18.4 Å². The molecule has 0 radical (unpaired) electrons. The molecule has 1 saturated heterocycles. The summed E-state index contributed by atoms with van der Waals surface area (Å²) in [5, 5.41) is 2.82. The van der Waals surface area contributed by atoms with Crippen molar-refractivity contribution in [3.63, 3.8) is 0 Å². The summed E-state index contributed by atoms with van der Waals surface area (Å²) in [5.41, 5.74) is 1.41. The molecule has 1 amide bonds. The van der Waals surface area contributed by atoms with E-state index in [0.29, 0.717) is 29.7 Å². The molecule has 0 bridgehead atoms. The van der Waals surface area contributed by atoms with Gasteiger partial charge in [-0.2, -0.15) is 4.31 Å². The fourth-order valence-corrected chi connectivity index (χ4v) is 4.96. The third-order valence-corrected chi connectivity index (χ3v) is 7.13. The Hall–Kier alpha value is -2.84. The molecule has 0 aliphatic carbocycles. The van der Waals surface area contributed by atoms with Gasteiger partial charge in [0, 0.05) is 35.8 Å². The van der Waals surface area contributed by atoms with E-state index in [0.717, 1.165) is 0 Å². The molecule has 0 saturated carbocycles. The van der Waals surface area contributed by atoms with E-state index in [1.165, 1.54) is 30.3 Å². The maximum absolute atomic E-state index is 12.9. The number of benzene rings is 2. The van der Waals surface area contributed by atoms with Crippen molar-refractivity contribution in [2.45, 2.75) is 31.6 Å². The lowest BCUT2D eigenvalue weighted by Crippen LogP contribution is -2.41. The maximum Gasteiger partial charge on any atom is 0.243 e. The number of carbonyl (C=O) groups excluding carboxylic acids is 3. The largest absolute Gasteiger partial charge is 0.326 e.